The Kier molecular flexibility index (Phi) is 5.37. The number of nitrogens with zero attached hydrogens (tertiary/aromatic N) is 3. The van der Waals surface area contributed by atoms with E-state index < -0.39 is 9.84 Å². The summed E-state index contributed by atoms with van der Waals surface area (Å²) in [5, 5.41) is 1.85. The summed E-state index contributed by atoms with van der Waals surface area (Å²) >= 11 is 1.46. The number of piperazine rings is 1. The lowest BCUT2D eigenvalue weighted by atomic mass is 10.3. The summed E-state index contributed by atoms with van der Waals surface area (Å²) in [6, 6.07) is 8.42. The van der Waals surface area contributed by atoms with E-state index in [9.17, 15) is 8.42 Å². The fraction of sp³-hybridized carbons (Fsp3) is 0.381. The van der Waals surface area contributed by atoms with E-state index in [2.05, 4.69) is 16.8 Å². The summed E-state index contributed by atoms with van der Waals surface area (Å²) in [6.45, 7) is 6.96. The van der Waals surface area contributed by atoms with E-state index in [1.807, 2.05) is 22.4 Å². The lowest BCUT2D eigenvalue weighted by molar-refractivity contribution is 0.171. The average molecular weight is 462 g/mol. The number of aromatic nitrogens is 1. The number of thiophene rings is 1. The van der Waals surface area contributed by atoms with Gasteiger partial charge < -0.3 is 23.7 Å². The zero-order valence-electron chi connectivity index (χ0n) is 17.1. The van der Waals surface area contributed by atoms with Gasteiger partial charge in [-0.1, -0.05) is 13.0 Å². The van der Waals surface area contributed by atoms with Crippen LogP contribution in [-0.2, 0) is 9.84 Å². The van der Waals surface area contributed by atoms with Gasteiger partial charge in [-0.3, -0.25) is 0 Å². The summed E-state index contributed by atoms with van der Waals surface area (Å²) in [6.07, 6.45) is 0. The Balaban J connectivity index is 1.57. The molecule has 164 valence electrons. The molecule has 0 aliphatic carbocycles. The molecule has 2 aliphatic heterocycles. The monoisotopic (exact) mass is 461 g/mol. The van der Waals surface area contributed by atoms with Gasteiger partial charge in [-0.15, -0.1) is 11.3 Å². The van der Waals surface area contributed by atoms with E-state index in [0.717, 1.165) is 24.5 Å². The molecular formula is C21H23N3O5S2. The van der Waals surface area contributed by atoms with Crippen molar-refractivity contribution < 1.29 is 22.3 Å². The Hall–Kier alpha value is -2.56. The van der Waals surface area contributed by atoms with Crippen LogP contribution < -0.4 is 14.4 Å². The second-order valence-electron chi connectivity index (χ2n) is 7.34. The van der Waals surface area contributed by atoms with Crippen molar-refractivity contribution in [3.63, 3.8) is 0 Å². The molecule has 3 aromatic rings. The number of anilines is 1. The Morgan fingerprint density at radius 2 is 1.84 bits per heavy atom. The largest absolute Gasteiger partial charge is 0.486 e. The molecular weight excluding hydrogens is 438 g/mol. The van der Waals surface area contributed by atoms with Gasteiger partial charge >= 0.3 is 0 Å². The minimum atomic E-state index is -3.93. The summed E-state index contributed by atoms with van der Waals surface area (Å²) in [5.74, 6) is 1.58. The number of benzene rings is 1. The van der Waals surface area contributed by atoms with Gasteiger partial charge in [-0.2, -0.15) is 4.98 Å². The first kappa shape index (κ1) is 20.3. The normalized spacial score (nSPS) is 17.1. The molecule has 5 rings (SSSR count). The molecule has 0 unspecified atom stereocenters. The molecule has 0 saturated carbocycles. The van der Waals surface area contributed by atoms with E-state index in [4.69, 9.17) is 13.9 Å². The fourth-order valence-electron chi connectivity index (χ4n) is 3.75. The van der Waals surface area contributed by atoms with Gasteiger partial charge in [-0.25, -0.2) is 8.42 Å². The Labute approximate surface area is 184 Å². The molecule has 0 radical (unpaired) electrons. The molecule has 4 heterocycles. The van der Waals surface area contributed by atoms with Crippen LogP contribution in [0, 0.1) is 0 Å². The van der Waals surface area contributed by atoms with Gasteiger partial charge in [0.25, 0.3) is 0 Å². The fourth-order valence-corrected chi connectivity index (χ4v) is 5.73. The lowest BCUT2D eigenvalue weighted by Crippen LogP contribution is -2.46. The van der Waals surface area contributed by atoms with Crippen LogP contribution >= 0.6 is 11.3 Å². The van der Waals surface area contributed by atoms with Crippen LogP contribution in [0.15, 0.2) is 50.1 Å². The van der Waals surface area contributed by atoms with Gasteiger partial charge in [0, 0.05) is 32.2 Å². The summed E-state index contributed by atoms with van der Waals surface area (Å²) < 4.78 is 44.4. The van der Waals surface area contributed by atoms with Crippen LogP contribution in [-0.4, -0.2) is 64.2 Å². The maximum Gasteiger partial charge on any atom is 0.240 e. The van der Waals surface area contributed by atoms with Crippen molar-refractivity contribution in [3.05, 3.63) is 35.7 Å². The number of likely N-dealkylation sites (N-methyl/N-ethyl adjacent to an activating group) is 1. The van der Waals surface area contributed by atoms with Crippen LogP contribution in [0.4, 0.5) is 5.88 Å². The molecule has 2 aromatic heterocycles. The van der Waals surface area contributed by atoms with Crippen molar-refractivity contribution in [2.75, 3.05) is 50.8 Å². The number of fused-ring (bicyclic) bond motifs is 1. The molecule has 1 fully saturated rings. The SMILES string of the molecule is CCN1CCN(c2oc(-c3cccs3)nc2S(=O)(=O)c2ccc3c(c2)OCCO3)CC1. The van der Waals surface area contributed by atoms with Gasteiger partial charge in [0.05, 0.1) is 9.77 Å². The quantitative estimate of drug-likeness (QED) is 0.573. The molecule has 0 atom stereocenters. The van der Waals surface area contributed by atoms with E-state index in [1.165, 1.54) is 23.5 Å². The van der Waals surface area contributed by atoms with E-state index in [-0.39, 0.29) is 9.92 Å². The smallest absolute Gasteiger partial charge is 0.240 e. The standard InChI is InChI=1S/C21H23N3O5S2/c1-2-23-7-9-24(10-8-23)21-20(22-19(29-21)18-4-3-13-30-18)31(25,26)15-5-6-16-17(14-15)28-12-11-27-16/h3-6,13-14H,2,7-12H2,1H3. The van der Waals surface area contributed by atoms with Crippen molar-refractivity contribution in [2.24, 2.45) is 0 Å². The van der Waals surface area contributed by atoms with Crippen molar-refractivity contribution >= 4 is 27.1 Å². The molecule has 8 nitrogen and oxygen atoms in total. The molecule has 0 bridgehead atoms. The number of sulfone groups is 1. The van der Waals surface area contributed by atoms with Crippen molar-refractivity contribution in [1.82, 2.24) is 9.88 Å². The zero-order chi connectivity index (χ0) is 21.4. The van der Waals surface area contributed by atoms with E-state index in [1.54, 1.807) is 6.07 Å². The highest BCUT2D eigenvalue weighted by Crippen LogP contribution is 2.39. The number of hydrogen-bond acceptors (Lipinski definition) is 9. The van der Waals surface area contributed by atoms with Gasteiger partial charge in [0.15, 0.2) is 11.5 Å². The third-order valence-corrected chi connectivity index (χ3v) is 8.00. The first-order valence-electron chi connectivity index (χ1n) is 10.2. The number of hydrogen-bond donors (Lipinski definition) is 0. The maximum absolute atomic E-state index is 13.6. The maximum atomic E-state index is 13.6. The van der Waals surface area contributed by atoms with Crippen LogP contribution in [0.1, 0.15) is 6.92 Å². The molecule has 0 N–H and O–H groups in total. The number of rotatable bonds is 5. The summed E-state index contributed by atoms with van der Waals surface area (Å²) in [5.41, 5.74) is 0. The summed E-state index contributed by atoms with van der Waals surface area (Å²) in [7, 11) is -3.93. The topological polar surface area (TPSA) is 85.1 Å². The van der Waals surface area contributed by atoms with Crippen molar-refractivity contribution in [2.45, 2.75) is 16.8 Å². The van der Waals surface area contributed by atoms with Crippen LogP contribution in [0.2, 0.25) is 0 Å². The van der Waals surface area contributed by atoms with Crippen LogP contribution in [0.5, 0.6) is 11.5 Å². The summed E-state index contributed by atoms with van der Waals surface area (Å²) in [4.78, 5) is 9.65. The van der Waals surface area contributed by atoms with Crippen molar-refractivity contribution in [1.29, 1.82) is 0 Å². The van der Waals surface area contributed by atoms with Crippen molar-refractivity contribution in [3.8, 4) is 22.3 Å². The third-order valence-electron chi connectivity index (χ3n) is 5.50. The molecule has 1 aromatic carbocycles. The van der Waals surface area contributed by atoms with Gasteiger partial charge in [0.2, 0.25) is 26.6 Å². The van der Waals surface area contributed by atoms with E-state index in [0.29, 0.717) is 49.6 Å². The van der Waals surface area contributed by atoms with Gasteiger partial charge in [0.1, 0.15) is 13.2 Å². The predicted molar refractivity (Wildman–Crippen MR) is 117 cm³/mol. The highest BCUT2D eigenvalue weighted by molar-refractivity contribution is 7.91. The third kappa shape index (κ3) is 3.79. The Bertz CT molecular complexity index is 1170. The van der Waals surface area contributed by atoms with E-state index >= 15 is 0 Å². The molecule has 0 amide bonds. The molecule has 1 saturated heterocycles. The molecule has 0 spiro atoms. The van der Waals surface area contributed by atoms with Crippen LogP contribution in [0.25, 0.3) is 10.8 Å². The lowest BCUT2D eigenvalue weighted by Gasteiger charge is -2.33. The second-order valence-corrected chi connectivity index (χ2v) is 10.1. The predicted octanol–water partition coefficient (Wildman–Crippen LogP) is 3.15. The minimum Gasteiger partial charge on any atom is -0.486 e. The zero-order valence-corrected chi connectivity index (χ0v) is 18.7. The van der Waals surface area contributed by atoms with Crippen LogP contribution in [0.3, 0.4) is 0 Å². The molecule has 31 heavy (non-hydrogen) atoms. The average Bonchev–Trinajstić information content (AvgIpc) is 3.49. The molecule has 10 heteroatoms. The highest BCUT2D eigenvalue weighted by Gasteiger charge is 2.33. The van der Waals surface area contributed by atoms with Gasteiger partial charge in [-0.05, 0) is 30.1 Å². The first-order chi connectivity index (χ1) is 15.1. The minimum absolute atomic E-state index is 0.0578. The number of ether oxygens (including phenoxy) is 2. The first-order valence-corrected chi connectivity index (χ1v) is 12.6. The molecule has 2 aliphatic rings. The highest BCUT2D eigenvalue weighted by atomic mass is 32.2. The second kappa shape index (κ2) is 8.18. The Morgan fingerprint density at radius 1 is 1.06 bits per heavy atom. The Morgan fingerprint density at radius 3 is 2.55 bits per heavy atom. The number of oxazole rings is 1.